The molecule has 1 heterocycles. The summed E-state index contributed by atoms with van der Waals surface area (Å²) in [6.07, 6.45) is 0. The van der Waals surface area contributed by atoms with E-state index in [0.717, 1.165) is 6.54 Å². The fourth-order valence-electron chi connectivity index (χ4n) is 1.97. The van der Waals surface area contributed by atoms with Crippen LogP contribution in [0.15, 0.2) is 0 Å². The highest BCUT2D eigenvalue weighted by Crippen LogP contribution is 2.08. The molecule has 0 bridgehead atoms. The van der Waals surface area contributed by atoms with Crippen LogP contribution in [-0.2, 0) is 4.79 Å². The van der Waals surface area contributed by atoms with Gasteiger partial charge in [-0.1, -0.05) is 13.8 Å². The van der Waals surface area contributed by atoms with Gasteiger partial charge in [-0.25, -0.2) is 9.59 Å². The van der Waals surface area contributed by atoms with Crippen LogP contribution in [0.5, 0.6) is 0 Å². The highest BCUT2D eigenvalue weighted by atomic mass is 16.4. The zero-order valence-corrected chi connectivity index (χ0v) is 11.5. The van der Waals surface area contributed by atoms with Crippen LogP contribution in [0, 0.1) is 5.92 Å². The summed E-state index contributed by atoms with van der Waals surface area (Å²) in [7, 11) is 2.02. The zero-order chi connectivity index (χ0) is 13.9. The topological polar surface area (TPSA) is 72.9 Å². The van der Waals surface area contributed by atoms with Crippen molar-refractivity contribution in [2.24, 2.45) is 5.92 Å². The van der Waals surface area contributed by atoms with Crippen molar-refractivity contribution in [3.63, 3.8) is 0 Å². The van der Waals surface area contributed by atoms with Gasteiger partial charge < -0.3 is 20.2 Å². The lowest BCUT2D eigenvalue weighted by Crippen LogP contribution is -2.57. The minimum atomic E-state index is -0.986. The second kappa shape index (κ2) is 6.04. The Morgan fingerprint density at radius 1 is 1.33 bits per heavy atom. The van der Waals surface area contributed by atoms with E-state index >= 15 is 0 Å². The second-order valence-electron chi connectivity index (χ2n) is 5.29. The van der Waals surface area contributed by atoms with Crippen LogP contribution in [-0.4, -0.2) is 65.7 Å². The fourth-order valence-corrected chi connectivity index (χ4v) is 1.97. The molecule has 1 aliphatic heterocycles. The Hall–Kier alpha value is -1.30. The number of nitrogens with zero attached hydrogens (tertiary/aromatic N) is 2. The SMILES string of the molecule is CC(C)[C@@H](NC(=O)N1CCN(C)C(C)C1)C(=O)O. The molecule has 1 fully saturated rings. The van der Waals surface area contributed by atoms with E-state index in [1.165, 1.54) is 0 Å². The van der Waals surface area contributed by atoms with Crippen LogP contribution in [0.4, 0.5) is 4.79 Å². The predicted octanol–water partition coefficient (Wildman–Crippen LogP) is 0.441. The van der Waals surface area contributed by atoms with Gasteiger partial charge in [-0.15, -0.1) is 0 Å². The number of carboxylic acids is 1. The van der Waals surface area contributed by atoms with E-state index in [-0.39, 0.29) is 11.9 Å². The standard InChI is InChI=1S/C12H23N3O3/c1-8(2)10(11(16)17)13-12(18)15-6-5-14(4)9(3)7-15/h8-10H,5-7H2,1-4H3,(H,13,18)(H,16,17)/t9?,10-/m1/s1. The number of carbonyl (C=O) groups is 2. The van der Waals surface area contributed by atoms with Crippen molar-refractivity contribution in [2.45, 2.75) is 32.9 Å². The Morgan fingerprint density at radius 3 is 2.39 bits per heavy atom. The van der Waals surface area contributed by atoms with E-state index in [9.17, 15) is 9.59 Å². The van der Waals surface area contributed by atoms with Crippen LogP contribution in [0.25, 0.3) is 0 Å². The summed E-state index contributed by atoms with van der Waals surface area (Å²) in [5, 5.41) is 11.6. The quantitative estimate of drug-likeness (QED) is 0.769. The van der Waals surface area contributed by atoms with Gasteiger partial charge in [0.05, 0.1) is 0 Å². The maximum atomic E-state index is 12.0. The summed E-state index contributed by atoms with van der Waals surface area (Å²) in [6, 6.07) is -0.810. The normalized spacial score (nSPS) is 22.9. The van der Waals surface area contributed by atoms with Gasteiger partial charge in [-0.05, 0) is 19.9 Å². The summed E-state index contributed by atoms with van der Waals surface area (Å²) >= 11 is 0. The third-order valence-corrected chi connectivity index (χ3v) is 3.46. The first-order valence-corrected chi connectivity index (χ1v) is 6.31. The van der Waals surface area contributed by atoms with Crippen molar-refractivity contribution in [2.75, 3.05) is 26.7 Å². The highest BCUT2D eigenvalue weighted by Gasteiger charge is 2.29. The lowest BCUT2D eigenvalue weighted by molar-refractivity contribution is -0.140. The average molecular weight is 257 g/mol. The Bertz CT molecular complexity index is 320. The molecule has 0 aromatic heterocycles. The number of amides is 2. The molecule has 18 heavy (non-hydrogen) atoms. The number of urea groups is 1. The second-order valence-corrected chi connectivity index (χ2v) is 5.29. The molecule has 0 spiro atoms. The average Bonchev–Trinajstić information content (AvgIpc) is 2.28. The van der Waals surface area contributed by atoms with Crippen molar-refractivity contribution in [3.8, 4) is 0 Å². The summed E-state index contributed by atoms with van der Waals surface area (Å²) < 4.78 is 0. The fraction of sp³-hybridized carbons (Fsp3) is 0.833. The van der Waals surface area contributed by atoms with E-state index in [1.54, 1.807) is 18.7 Å². The van der Waals surface area contributed by atoms with Gasteiger partial charge in [0.2, 0.25) is 0 Å². The molecule has 104 valence electrons. The number of likely N-dealkylation sites (N-methyl/N-ethyl adjacent to an activating group) is 1. The van der Waals surface area contributed by atoms with Gasteiger partial charge in [0, 0.05) is 25.7 Å². The Balaban J connectivity index is 2.57. The largest absolute Gasteiger partial charge is 0.480 e. The molecule has 1 saturated heterocycles. The van der Waals surface area contributed by atoms with Gasteiger partial charge in [0.15, 0.2) is 0 Å². The maximum Gasteiger partial charge on any atom is 0.326 e. The molecule has 1 aliphatic rings. The van der Waals surface area contributed by atoms with Crippen LogP contribution in [0.3, 0.4) is 0 Å². The third kappa shape index (κ3) is 3.60. The lowest BCUT2D eigenvalue weighted by atomic mass is 10.1. The molecule has 0 saturated carbocycles. The number of aliphatic carboxylic acids is 1. The van der Waals surface area contributed by atoms with Crippen molar-refractivity contribution in [3.05, 3.63) is 0 Å². The number of carbonyl (C=O) groups excluding carboxylic acids is 1. The molecule has 1 rings (SSSR count). The predicted molar refractivity (Wildman–Crippen MR) is 68.5 cm³/mol. The van der Waals surface area contributed by atoms with Crippen LogP contribution in [0.1, 0.15) is 20.8 Å². The first-order chi connectivity index (χ1) is 8.32. The highest BCUT2D eigenvalue weighted by molar-refractivity contribution is 5.82. The summed E-state index contributed by atoms with van der Waals surface area (Å²) in [5.74, 6) is -1.11. The smallest absolute Gasteiger partial charge is 0.326 e. The molecule has 2 atom stereocenters. The van der Waals surface area contributed by atoms with E-state index in [2.05, 4.69) is 17.1 Å². The zero-order valence-electron chi connectivity index (χ0n) is 11.5. The number of hydrogen-bond acceptors (Lipinski definition) is 3. The number of rotatable bonds is 3. The number of nitrogens with one attached hydrogen (secondary N) is 1. The number of carboxylic acid groups (broad SMARTS) is 1. The van der Waals surface area contributed by atoms with Gasteiger partial charge >= 0.3 is 12.0 Å². The molecule has 0 aliphatic carbocycles. The first-order valence-electron chi connectivity index (χ1n) is 6.31. The molecule has 6 nitrogen and oxygen atoms in total. The Kier molecular flexibility index (Phi) is 4.95. The van der Waals surface area contributed by atoms with E-state index in [0.29, 0.717) is 19.1 Å². The van der Waals surface area contributed by atoms with Gasteiger partial charge in [0.1, 0.15) is 6.04 Å². The molecule has 1 unspecified atom stereocenters. The molecule has 0 aromatic rings. The minimum absolute atomic E-state index is 0.128. The van der Waals surface area contributed by atoms with E-state index < -0.39 is 12.0 Å². The van der Waals surface area contributed by atoms with Crippen LogP contribution in [0.2, 0.25) is 0 Å². The molecule has 6 heteroatoms. The molecule has 2 N–H and O–H groups in total. The first kappa shape index (κ1) is 14.8. The summed E-state index contributed by atoms with van der Waals surface area (Å²) in [5.41, 5.74) is 0. The molecule has 0 radical (unpaired) electrons. The Labute approximate surface area is 108 Å². The van der Waals surface area contributed by atoms with Gasteiger partial charge in [-0.3, -0.25) is 0 Å². The van der Waals surface area contributed by atoms with Crippen LogP contribution >= 0.6 is 0 Å². The third-order valence-electron chi connectivity index (χ3n) is 3.46. The molecular weight excluding hydrogens is 234 g/mol. The van der Waals surface area contributed by atoms with Crippen molar-refractivity contribution in [1.82, 2.24) is 15.1 Å². The van der Waals surface area contributed by atoms with Crippen molar-refractivity contribution in [1.29, 1.82) is 0 Å². The molecular formula is C12H23N3O3. The van der Waals surface area contributed by atoms with Crippen molar-refractivity contribution >= 4 is 12.0 Å². The summed E-state index contributed by atoms with van der Waals surface area (Å²) in [4.78, 5) is 26.9. The monoisotopic (exact) mass is 257 g/mol. The minimum Gasteiger partial charge on any atom is -0.480 e. The van der Waals surface area contributed by atoms with E-state index in [1.807, 2.05) is 7.05 Å². The number of hydrogen-bond donors (Lipinski definition) is 2. The summed E-state index contributed by atoms with van der Waals surface area (Å²) in [6.45, 7) is 7.70. The number of piperazine rings is 1. The molecule has 0 aromatic carbocycles. The van der Waals surface area contributed by atoms with E-state index in [4.69, 9.17) is 5.11 Å². The lowest BCUT2D eigenvalue weighted by Gasteiger charge is -2.38. The maximum absolute atomic E-state index is 12.0. The van der Waals surface area contributed by atoms with Gasteiger partial charge in [0.25, 0.3) is 0 Å². The molecule has 2 amide bonds. The van der Waals surface area contributed by atoms with Crippen molar-refractivity contribution < 1.29 is 14.7 Å². The van der Waals surface area contributed by atoms with Crippen LogP contribution < -0.4 is 5.32 Å². The Morgan fingerprint density at radius 2 is 1.94 bits per heavy atom. The van der Waals surface area contributed by atoms with Gasteiger partial charge in [-0.2, -0.15) is 0 Å².